The van der Waals surface area contributed by atoms with Crippen molar-refractivity contribution < 1.29 is 14.3 Å². The number of H-pyrrole nitrogens is 1. The molecular weight excluding hydrogens is 416 g/mol. The van der Waals surface area contributed by atoms with E-state index < -0.39 is 11.5 Å². The summed E-state index contributed by atoms with van der Waals surface area (Å²) in [5.74, 6) is 0.00595. The molecule has 7 heteroatoms. The molecule has 0 fully saturated rings. The summed E-state index contributed by atoms with van der Waals surface area (Å²) < 4.78 is 5.18. The number of amides is 1. The number of ketones is 1. The molecule has 4 rings (SSSR count). The van der Waals surface area contributed by atoms with Crippen LogP contribution in [0.5, 0.6) is 5.75 Å². The Kier molecular flexibility index (Phi) is 5.65. The van der Waals surface area contributed by atoms with Gasteiger partial charge in [-0.2, -0.15) is 0 Å². The Labute approximate surface area is 184 Å². The first-order valence-electron chi connectivity index (χ1n) is 9.87. The molecule has 31 heavy (non-hydrogen) atoms. The highest BCUT2D eigenvalue weighted by atomic mass is 35.5. The van der Waals surface area contributed by atoms with Crippen molar-refractivity contribution >= 4 is 29.0 Å². The highest BCUT2D eigenvalue weighted by Gasteiger charge is 2.29. The van der Waals surface area contributed by atoms with Crippen LogP contribution in [0.2, 0.25) is 5.02 Å². The topological polar surface area (TPSA) is 88.3 Å². The van der Waals surface area contributed by atoms with E-state index in [0.717, 1.165) is 11.3 Å². The summed E-state index contributed by atoms with van der Waals surface area (Å²) in [7, 11) is 1.60. The molecule has 1 amide bonds. The second kappa shape index (κ2) is 8.40. The van der Waals surface area contributed by atoms with Crippen molar-refractivity contribution in [2.75, 3.05) is 12.4 Å². The first kappa shape index (κ1) is 20.9. The third-order valence-corrected chi connectivity index (χ3v) is 6.06. The molecule has 158 valence electrons. The van der Waals surface area contributed by atoms with E-state index in [1.807, 2.05) is 24.3 Å². The van der Waals surface area contributed by atoms with Gasteiger partial charge < -0.3 is 15.0 Å². The number of Topliss-reactive ketones (excluding diaryl/α,β-unsaturated/α-hetero) is 1. The third-order valence-electron chi connectivity index (χ3n) is 5.65. The van der Waals surface area contributed by atoms with Gasteiger partial charge in [0.1, 0.15) is 11.3 Å². The Bertz CT molecular complexity index is 1230. The Morgan fingerprint density at radius 1 is 1.13 bits per heavy atom. The lowest BCUT2D eigenvalue weighted by molar-refractivity contribution is 0.0963. The number of nitrogens with one attached hydrogen (secondary N) is 2. The smallest absolute Gasteiger partial charge is 0.261 e. The maximum absolute atomic E-state index is 12.8. The average Bonchev–Trinajstić information content (AvgIpc) is 2.76. The minimum atomic E-state index is -0.584. The number of carbonyl (C=O) groups excluding carboxylic acids is 2. The predicted molar refractivity (Wildman–Crippen MR) is 120 cm³/mol. The number of hydrogen-bond acceptors (Lipinski definition) is 4. The van der Waals surface area contributed by atoms with Crippen LogP contribution in [-0.2, 0) is 6.42 Å². The van der Waals surface area contributed by atoms with Crippen LogP contribution < -0.4 is 15.6 Å². The molecule has 1 aromatic heterocycles. The summed E-state index contributed by atoms with van der Waals surface area (Å²) in [6.07, 6.45) is 0.817. The normalized spacial score (nSPS) is 15.3. The van der Waals surface area contributed by atoms with Crippen molar-refractivity contribution in [1.29, 1.82) is 0 Å². The highest BCUT2D eigenvalue weighted by Crippen LogP contribution is 2.32. The first-order valence-corrected chi connectivity index (χ1v) is 10.2. The Balaban J connectivity index is 1.61. The quantitative estimate of drug-likeness (QED) is 0.629. The van der Waals surface area contributed by atoms with Crippen LogP contribution in [0.15, 0.2) is 53.3 Å². The monoisotopic (exact) mass is 436 g/mol. The molecule has 0 saturated carbocycles. The number of carbonyl (C=O) groups is 2. The molecule has 2 aromatic carbocycles. The van der Waals surface area contributed by atoms with E-state index in [9.17, 15) is 14.4 Å². The fourth-order valence-electron chi connectivity index (χ4n) is 3.84. The van der Waals surface area contributed by atoms with E-state index >= 15 is 0 Å². The molecule has 0 spiro atoms. The molecule has 1 aliphatic rings. The van der Waals surface area contributed by atoms with E-state index in [-0.39, 0.29) is 17.3 Å². The van der Waals surface area contributed by atoms with Gasteiger partial charge in [-0.1, -0.05) is 29.8 Å². The van der Waals surface area contributed by atoms with Gasteiger partial charge in [0.25, 0.3) is 11.5 Å². The Morgan fingerprint density at radius 2 is 1.87 bits per heavy atom. The maximum atomic E-state index is 12.8. The van der Waals surface area contributed by atoms with Crippen LogP contribution in [-0.4, -0.2) is 23.8 Å². The second-order valence-electron chi connectivity index (χ2n) is 7.57. The minimum absolute atomic E-state index is 0.0460. The molecule has 3 aromatic rings. The number of aromatic nitrogens is 1. The lowest BCUT2D eigenvalue weighted by atomic mass is 9.81. The number of ether oxygens (including phenoxy) is 1. The van der Waals surface area contributed by atoms with E-state index in [1.54, 1.807) is 32.2 Å². The van der Waals surface area contributed by atoms with Crippen LogP contribution in [0, 0.1) is 6.92 Å². The zero-order valence-corrected chi connectivity index (χ0v) is 17.9. The Hall–Kier alpha value is -3.38. The summed E-state index contributed by atoms with van der Waals surface area (Å²) in [5, 5.41) is 3.22. The van der Waals surface area contributed by atoms with Crippen LogP contribution >= 0.6 is 11.6 Å². The first-order chi connectivity index (χ1) is 14.9. The van der Waals surface area contributed by atoms with Crippen LogP contribution in [0.4, 0.5) is 5.69 Å². The zero-order valence-electron chi connectivity index (χ0n) is 17.1. The van der Waals surface area contributed by atoms with Crippen LogP contribution in [0.3, 0.4) is 0 Å². The molecule has 0 aliphatic heterocycles. The maximum Gasteiger partial charge on any atom is 0.261 e. The van der Waals surface area contributed by atoms with Crippen molar-refractivity contribution in [2.24, 2.45) is 0 Å². The van der Waals surface area contributed by atoms with Crippen molar-refractivity contribution in [1.82, 2.24) is 4.98 Å². The van der Waals surface area contributed by atoms with Gasteiger partial charge in [-0.05, 0) is 60.7 Å². The molecule has 2 N–H and O–H groups in total. The lowest BCUT2D eigenvalue weighted by Crippen LogP contribution is -2.29. The standard InChI is InChI=1S/C24H21ClN2O4/c1-13-19(25)4-3-5-20(13)26-23(29)18-12-17-21(27-24(18)30)10-15(11-22(17)28)14-6-8-16(31-2)9-7-14/h3-9,12,15H,10-11H2,1-2H3,(H,26,29)(H,27,30). The number of anilines is 1. The molecule has 6 nitrogen and oxygen atoms in total. The summed E-state index contributed by atoms with van der Waals surface area (Å²) in [6, 6.07) is 14.1. The Morgan fingerprint density at radius 3 is 2.58 bits per heavy atom. The number of methoxy groups -OCH3 is 1. The minimum Gasteiger partial charge on any atom is -0.497 e. The second-order valence-corrected chi connectivity index (χ2v) is 7.98. The number of halogens is 1. The molecular formula is C24H21ClN2O4. The van der Waals surface area contributed by atoms with E-state index in [0.29, 0.717) is 40.4 Å². The van der Waals surface area contributed by atoms with Gasteiger partial charge in [-0.3, -0.25) is 14.4 Å². The molecule has 1 atom stereocenters. The van der Waals surface area contributed by atoms with E-state index in [2.05, 4.69) is 10.3 Å². The SMILES string of the molecule is COc1ccc(C2CC(=O)c3cc(C(=O)Nc4cccc(Cl)c4C)c(=O)[nH]c3C2)cc1. The summed E-state index contributed by atoms with van der Waals surface area (Å²) in [4.78, 5) is 41.0. The average molecular weight is 437 g/mol. The molecule has 0 radical (unpaired) electrons. The van der Waals surface area contributed by atoms with Crippen molar-refractivity contribution in [3.05, 3.63) is 91.9 Å². The number of fused-ring (bicyclic) bond motifs is 1. The van der Waals surface area contributed by atoms with E-state index in [4.69, 9.17) is 16.3 Å². The number of benzene rings is 2. The lowest BCUT2D eigenvalue weighted by Gasteiger charge is -2.24. The summed E-state index contributed by atoms with van der Waals surface area (Å²) in [6.45, 7) is 1.78. The van der Waals surface area contributed by atoms with Gasteiger partial charge in [0.05, 0.1) is 7.11 Å². The van der Waals surface area contributed by atoms with Crippen LogP contribution in [0.25, 0.3) is 0 Å². The van der Waals surface area contributed by atoms with Gasteiger partial charge in [0, 0.05) is 28.4 Å². The summed E-state index contributed by atoms with van der Waals surface area (Å²) >= 11 is 6.10. The van der Waals surface area contributed by atoms with Gasteiger partial charge in [0.15, 0.2) is 5.78 Å². The molecule has 1 unspecified atom stereocenters. The fourth-order valence-corrected chi connectivity index (χ4v) is 4.02. The largest absolute Gasteiger partial charge is 0.497 e. The molecule has 0 saturated heterocycles. The third kappa shape index (κ3) is 4.11. The fraction of sp³-hybridized carbons (Fsp3) is 0.208. The van der Waals surface area contributed by atoms with Gasteiger partial charge in [-0.15, -0.1) is 0 Å². The van der Waals surface area contributed by atoms with Crippen molar-refractivity contribution in [2.45, 2.75) is 25.7 Å². The summed E-state index contributed by atoms with van der Waals surface area (Å²) in [5.41, 5.74) is 2.52. The van der Waals surface area contributed by atoms with Crippen LogP contribution in [0.1, 0.15) is 49.9 Å². The number of rotatable bonds is 4. The van der Waals surface area contributed by atoms with Gasteiger partial charge in [-0.25, -0.2) is 0 Å². The molecule has 1 aliphatic carbocycles. The van der Waals surface area contributed by atoms with Gasteiger partial charge >= 0.3 is 0 Å². The number of pyridine rings is 1. The molecule has 0 bridgehead atoms. The van der Waals surface area contributed by atoms with E-state index in [1.165, 1.54) is 6.07 Å². The van der Waals surface area contributed by atoms with Gasteiger partial charge in [0.2, 0.25) is 0 Å². The van der Waals surface area contributed by atoms with Crippen molar-refractivity contribution in [3.63, 3.8) is 0 Å². The highest BCUT2D eigenvalue weighted by molar-refractivity contribution is 6.31. The molecule has 1 heterocycles. The zero-order chi connectivity index (χ0) is 22.1. The predicted octanol–water partition coefficient (Wildman–Crippen LogP) is 4.51. The van der Waals surface area contributed by atoms with Crippen molar-refractivity contribution in [3.8, 4) is 5.75 Å². The number of hydrogen-bond donors (Lipinski definition) is 2. The number of aromatic amines is 1.